The Morgan fingerprint density at radius 1 is 1.30 bits per heavy atom. The highest BCUT2D eigenvalue weighted by atomic mass is 16.2. The maximum absolute atomic E-state index is 12.1. The van der Waals surface area contributed by atoms with Crippen molar-refractivity contribution in [2.75, 3.05) is 10.6 Å². The first-order valence-corrected chi connectivity index (χ1v) is 7.94. The van der Waals surface area contributed by atoms with E-state index in [0.29, 0.717) is 17.9 Å². The van der Waals surface area contributed by atoms with E-state index in [-0.39, 0.29) is 11.9 Å². The van der Waals surface area contributed by atoms with Crippen LogP contribution in [-0.4, -0.2) is 26.7 Å². The van der Waals surface area contributed by atoms with Gasteiger partial charge in [-0.1, -0.05) is 51.1 Å². The van der Waals surface area contributed by atoms with E-state index in [2.05, 4.69) is 39.8 Å². The van der Waals surface area contributed by atoms with Crippen LogP contribution in [0.4, 0.5) is 11.9 Å². The second-order valence-corrected chi connectivity index (χ2v) is 7.12. The lowest BCUT2D eigenvalue weighted by atomic mass is 9.96. The van der Waals surface area contributed by atoms with Gasteiger partial charge in [0.25, 0.3) is 5.95 Å². The van der Waals surface area contributed by atoms with Crippen LogP contribution in [0.5, 0.6) is 0 Å². The molecule has 6 heteroatoms. The number of hydrogen-bond acceptors (Lipinski definition) is 4. The van der Waals surface area contributed by atoms with Gasteiger partial charge in [0.1, 0.15) is 0 Å². The van der Waals surface area contributed by atoms with Crippen LogP contribution in [0.15, 0.2) is 30.3 Å². The Morgan fingerprint density at radius 3 is 2.65 bits per heavy atom. The van der Waals surface area contributed by atoms with E-state index in [1.165, 1.54) is 5.56 Å². The number of nitrogens with zero attached hydrogens (tertiary/aromatic N) is 3. The molecular formula is C17H23N5O. The molecule has 1 aromatic heterocycles. The molecule has 1 amide bonds. The first-order chi connectivity index (χ1) is 10.8. The molecule has 0 aliphatic carbocycles. The zero-order valence-corrected chi connectivity index (χ0v) is 14.0. The SMILES string of the molecule is CC1CC(c2ccccc2)n2nc(NC(=O)C(C)(C)C)nc2N1. The monoisotopic (exact) mass is 313 g/mol. The van der Waals surface area contributed by atoms with Crippen LogP contribution in [-0.2, 0) is 4.79 Å². The maximum Gasteiger partial charge on any atom is 0.250 e. The minimum absolute atomic E-state index is 0.0928. The van der Waals surface area contributed by atoms with Crippen LogP contribution >= 0.6 is 0 Å². The number of fused-ring (bicyclic) bond motifs is 1. The predicted octanol–water partition coefficient (Wildman–Crippen LogP) is 3.06. The molecular weight excluding hydrogens is 290 g/mol. The standard InChI is InChI=1S/C17H23N5O/c1-11-10-13(12-8-6-5-7-9-12)22-16(18-11)20-15(21-22)19-14(23)17(2,3)4/h5-9,11,13H,10H2,1-4H3,(H2,18,19,20,21,23). The quantitative estimate of drug-likeness (QED) is 0.894. The van der Waals surface area contributed by atoms with E-state index in [0.717, 1.165) is 6.42 Å². The number of rotatable bonds is 2. The number of nitrogens with one attached hydrogen (secondary N) is 2. The van der Waals surface area contributed by atoms with Gasteiger partial charge in [-0.15, -0.1) is 5.10 Å². The molecule has 23 heavy (non-hydrogen) atoms. The summed E-state index contributed by atoms with van der Waals surface area (Å²) in [5.74, 6) is 0.953. The van der Waals surface area contributed by atoms with E-state index in [1.54, 1.807) is 0 Å². The summed E-state index contributed by atoms with van der Waals surface area (Å²) in [6.07, 6.45) is 0.924. The normalized spacial score (nSPS) is 20.5. The molecule has 0 saturated heterocycles. The molecule has 2 aromatic rings. The molecule has 1 aliphatic heterocycles. The van der Waals surface area contributed by atoms with Gasteiger partial charge in [0.2, 0.25) is 11.9 Å². The molecule has 122 valence electrons. The van der Waals surface area contributed by atoms with Crippen LogP contribution < -0.4 is 10.6 Å². The Labute approximate surface area is 136 Å². The number of aromatic nitrogens is 3. The Balaban J connectivity index is 1.91. The van der Waals surface area contributed by atoms with Crippen molar-refractivity contribution < 1.29 is 4.79 Å². The Bertz CT molecular complexity index is 702. The van der Waals surface area contributed by atoms with Crippen molar-refractivity contribution in [3.05, 3.63) is 35.9 Å². The lowest BCUT2D eigenvalue weighted by Gasteiger charge is -2.29. The van der Waals surface area contributed by atoms with Crippen molar-refractivity contribution in [3.63, 3.8) is 0 Å². The van der Waals surface area contributed by atoms with E-state index in [4.69, 9.17) is 0 Å². The van der Waals surface area contributed by atoms with Gasteiger partial charge in [-0.05, 0) is 18.9 Å². The molecule has 1 aromatic carbocycles. The topological polar surface area (TPSA) is 71.8 Å². The van der Waals surface area contributed by atoms with Crippen LogP contribution in [0.2, 0.25) is 0 Å². The third-order valence-electron chi connectivity index (χ3n) is 3.97. The van der Waals surface area contributed by atoms with Gasteiger partial charge < -0.3 is 5.32 Å². The van der Waals surface area contributed by atoms with Crippen LogP contribution in [0, 0.1) is 5.41 Å². The van der Waals surface area contributed by atoms with Crippen LogP contribution in [0.1, 0.15) is 45.7 Å². The fourth-order valence-electron chi connectivity index (χ4n) is 2.65. The average molecular weight is 313 g/mol. The molecule has 0 fully saturated rings. The van der Waals surface area contributed by atoms with Gasteiger partial charge in [-0.3, -0.25) is 10.1 Å². The van der Waals surface area contributed by atoms with Crippen LogP contribution in [0.3, 0.4) is 0 Å². The van der Waals surface area contributed by atoms with Gasteiger partial charge in [0.05, 0.1) is 6.04 Å². The average Bonchev–Trinajstić information content (AvgIpc) is 2.88. The van der Waals surface area contributed by atoms with E-state index >= 15 is 0 Å². The van der Waals surface area contributed by atoms with Gasteiger partial charge in [0, 0.05) is 11.5 Å². The molecule has 0 radical (unpaired) electrons. The van der Waals surface area contributed by atoms with E-state index in [1.807, 2.05) is 43.7 Å². The summed E-state index contributed by atoms with van der Waals surface area (Å²) >= 11 is 0. The number of benzene rings is 1. The highest BCUT2D eigenvalue weighted by Crippen LogP contribution is 2.31. The zero-order valence-electron chi connectivity index (χ0n) is 14.0. The molecule has 2 heterocycles. The molecule has 2 unspecified atom stereocenters. The second kappa shape index (κ2) is 5.68. The van der Waals surface area contributed by atoms with E-state index in [9.17, 15) is 4.79 Å². The lowest BCUT2D eigenvalue weighted by Crippen LogP contribution is -2.31. The molecule has 2 atom stereocenters. The fraction of sp³-hybridized carbons (Fsp3) is 0.471. The molecule has 2 N–H and O–H groups in total. The van der Waals surface area contributed by atoms with Crippen molar-refractivity contribution in [3.8, 4) is 0 Å². The highest BCUT2D eigenvalue weighted by Gasteiger charge is 2.29. The second-order valence-electron chi connectivity index (χ2n) is 7.12. The minimum atomic E-state index is -0.481. The smallest absolute Gasteiger partial charge is 0.250 e. The third-order valence-corrected chi connectivity index (χ3v) is 3.97. The summed E-state index contributed by atoms with van der Waals surface area (Å²) in [4.78, 5) is 16.6. The summed E-state index contributed by atoms with van der Waals surface area (Å²) in [5.41, 5.74) is 0.714. The van der Waals surface area contributed by atoms with Crippen LogP contribution in [0.25, 0.3) is 0 Å². The highest BCUT2D eigenvalue weighted by molar-refractivity contribution is 5.93. The van der Waals surface area contributed by atoms with Crippen molar-refractivity contribution in [2.45, 2.75) is 46.2 Å². The van der Waals surface area contributed by atoms with Gasteiger partial charge in [-0.25, -0.2) is 4.68 Å². The summed E-state index contributed by atoms with van der Waals surface area (Å²) in [7, 11) is 0. The first kappa shape index (κ1) is 15.5. The minimum Gasteiger partial charge on any atom is -0.352 e. The molecule has 3 rings (SSSR count). The summed E-state index contributed by atoms with van der Waals surface area (Å²) in [5, 5.41) is 10.6. The number of carbonyl (C=O) groups is 1. The first-order valence-electron chi connectivity index (χ1n) is 7.94. The third kappa shape index (κ3) is 3.21. The molecule has 0 bridgehead atoms. The van der Waals surface area contributed by atoms with Crippen molar-refractivity contribution in [1.29, 1.82) is 0 Å². The van der Waals surface area contributed by atoms with Gasteiger partial charge in [-0.2, -0.15) is 4.98 Å². The number of amides is 1. The van der Waals surface area contributed by atoms with Crippen molar-refractivity contribution in [2.24, 2.45) is 5.41 Å². The summed E-state index contributed by atoms with van der Waals surface area (Å²) in [6.45, 7) is 7.73. The maximum atomic E-state index is 12.1. The predicted molar refractivity (Wildman–Crippen MR) is 90.4 cm³/mol. The van der Waals surface area contributed by atoms with Gasteiger partial charge >= 0.3 is 0 Å². The Hall–Kier alpha value is -2.37. The summed E-state index contributed by atoms with van der Waals surface area (Å²) in [6, 6.07) is 10.7. The molecule has 1 aliphatic rings. The van der Waals surface area contributed by atoms with Crippen molar-refractivity contribution in [1.82, 2.24) is 14.8 Å². The Morgan fingerprint density at radius 2 is 2.00 bits per heavy atom. The van der Waals surface area contributed by atoms with Crippen molar-refractivity contribution >= 4 is 17.8 Å². The summed E-state index contributed by atoms with van der Waals surface area (Å²) < 4.78 is 1.87. The van der Waals surface area contributed by atoms with Gasteiger partial charge in [0.15, 0.2) is 0 Å². The number of anilines is 2. The molecule has 0 saturated carbocycles. The van der Waals surface area contributed by atoms with E-state index < -0.39 is 5.41 Å². The fourth-order valence-corrected chi connectivity index (χ4v) is 2.65. The number of hydrogen-bond donors (Lipinski definition) is 2. The zero-order chi connectivity index (χ0) is 16.6. The largest absolute Gasteiger partial charge is 0.352 e. The Kier molecular flexibility index (Phi) is 3.83. The molecule has 0 spiro atoms. The molecule has 6 nitrogen and oxygen atoms in total. The number of carbonyl (C=O) groups excluding carboxylic acids is 1. The lowest BCUT2D eigenvalue weighted by molar-refractivity contribution is -0.123.